The number of carbonyl (C=O) groups excluding carboxylic acids is 1. The maximum Gasteiger partial charge on any atom is 0.255 e. The zero-order chi connectivity index (χ0) is 24.6. The fourth-order valence-electron chi connectivity index (χ4n) is 4.50. The number of amides is 1. The Bertz CT molecular complexity index is 1490. The molecule has 9 heteroatoms. The summed E-state index contributed by atoms with van der Waals surface area (Å²) < 4.78 is 13.3. The summed E-state index contributed by atoms with van der Waals surface area (Å²) in [7, 11) is 0. The SMILES string of the molecule is CC1=C(C(=O)Nc2ccccc2C)C(c2ccc3c(c2)OCCO3)n2nc(-c3cccnc3)nc2N1. The minimum absolute atomic E-state index is 0.224. The molecule has 1 atom stereocenters. The van der Waals surface area contributed by atoms with E-state index in [1.54, 1.807) is 17.1 Å². The number of benzene rings is 2. The fraction of sp³-hybridized carbons (Fsp3) is 0.185. The predicted octanol–water partition coefficient (Wildman–Crippen LogP) is 4.35. The number of nitrogens with one attached hydrogen (secondary N) is 2. The first kappa shape index (κ1) is 21.8. The molecule has 0 saturated heterocycles. The van der Waals surface area contributed by atoms with Gasteiger partial charge in [-0.3, -0.25) is 9.78 Å². The van der Waals surface area contributed by atoms with Crippen molar-refractivity contribution in [1.29, 1.82) is 0 Å². The van der Waals surface area contributed by atoms with Crippen LogP contribution in [-0.2, 0) is 4.79 Å². The summed E-state index contributed by atoms with van der Waals surface area (Å²) in [5.41, 5.74) is 4.57. The second-order valence-corrected chi connectivity index (χ2v) is 8.68. The molecule has 4 aromatic rings. The van der Waals surface area contributed by atoms with Crippen LogP contribution in [0.3, 0.4) is 0 Å². The second kappa shape index (κ2) is 8.84. The van der Waals surface area contributed by atoms with Crippen molar-refractivity contribution in [2.45, 2.75) is 19.9 Å². The molecule has 6 rings (SSSR count). The van der Waals surface area contributed by atoms with E-state index in [9.17, 15) is 4.79 Å². The third-order valence-corrected chi connectivity index (χ3v) is 6.29. The van der Waals surface area contributed by atoms with Gasteiger partial charge in [-0.25, -0.2) is 4.68 Å². The van der Waals surface area contributed by atoms with E-state index < -0.39 is 6.04 Å². The largest absolute Gasteiger partial charge is 0.486 e. The summed E-state index contributed by atoms with van der Waals surface area (Å²) in [5, 5.41) is 11.2. The highest BCUT2D eigenvalue weighted by atomic mass is 16.6. The van der Waals surface area contributed by atoms with E-state index in [1.807, 2.05) is 68.4 Å². The zero-order valence-corrected chi connectivity index (χ0v) is 19.9. The Hall–Kier alpha value is -4.66. The lowest BCUT2D eigenvalue weighted by atomic mass is 9.94. The van der Waals surface area contributed by atoms with Crippen molar-refractivity contribution in [2.75, 3.05) is 23.8 Å². The number of aromatic nitrogens is 4. The number of allylic oxidation sites excluding steroid dienone is 1. The number of fused-ring (bicyclic) bond motifs is 2. The Kier molecular flexibility index (Phi) is 5.37. The third kappa shape index (κ3) is 3.84. The maximum atomic E-state index is 13.8. The third-order valence-electron chi connectivity index (χ3n) is 6.29. The van der Waals surface area contributed by atoms with Gasteiger partial charge in [0.05, 0.1) is 5.57 Å². The standard InChI is InChI=1S/C27H24N6O3/c1-16-6-3-4-8-20(16)30-26(34)23-17(2)29-27-31-25(19-7-5-11-28-15-19)32-33(27)24(23)18-9-10-21-22(14-18)36-13-12-35-21/h3-11,14-15,24H,12-13H2,1-2H3,(H,30,34)(H,29,31,32). The lowest BCUT2D eigenvalue weighted by Crippen LogP contribution is -2.31. The monoisotopic (exact) mass is 480 g/mol. The first-order valence-corrected chi connectivity index (χ1v) is 11.7. The number of hydrogen-bond donors (Lipinski definition) is 2. The van der Waals surface area contributed by atoms with Crippen molar-refractivity contribution in [3.63, 3.8) is 0 Å². The first-order chi connectivity index (χ1) is 17.6. The molecule has 0 saturated carbocycles. The zero-order valence-electron chi connectivity index (χ0n) is 19.9. The van der Waals surface area contributed by atoms with Crippen molar-refractivity contribution in [2.24, 2.45) is 0 Å². The summed E-state index contributed by atoms with van der Waals surface area (Å²) in [4.78, 5) is 22.6. The lowest BCUT2D eigenvalue weighted by molar-refractivity contribution is -0.113. The smallest absolute Gasteiger partial charge is 0.255 e. The average molecular weight is 481 g/mol. The molecule has 2 aliphatic heterocycles. The van der Waals surface area contributed by atoms with Crippen LogP contribution in [-0.4, -0.2) is 38.9 Å². The van der Waals surface area contributed by atoms with Gasteiger partial charge < -0.3 is 20.1 Å². The van der Waals surface area contributed by atoms with Crippen molar-refractivity contribution in [1.82, 2.24) is 19.7 Å². The number of carbonyl (C=O) groups is 1. The van der Waals surface area contributed by atoms with Gasteiger partial charge in [-0.1, -0.05) is 24.3 Å². The van der Waals surface area contributed by atoms with E-state index in [0.29, 0.717) is 47.8 Å². The maximum absolute atomic E-state index is 13.8. The highest BCUT2D eigenvalue weighted by Crippen LogP contribution is 2.40. The number of pyridine rings is 1. The molecule has 0 radical (unpaired) electrons. The molecule has 0 aliphatic carbocycles. The number of aryl methyl sites for hydroxylation is 1. The van der Waals surface area contributed by atoms with Gasteiger partial charge in [0, 0.05) is 29.3 Å². The van der Waals surface area contributed by atoms with E-state index in [2.05, 4.69) is 15.6 Å². The Morgan fingerprint density at radius 1 is 1.06 bits per heavy atom. The van der Waals surface area contributed by atoms with Crippen molar-refractivity contribution < 1.29 is 14.3 Å². The molecule has 0 fully saturated rings. The Morgan fingerprint density at radius 2 is 1.89 bits per heavy atom. The van der Waals surface area contributed by atoms with Crippen LogP contribution in [0.4, 0.5) is 11.6 Å². The molecule has 1 amide bonds. The Balaban J connectivity index is 1.47. The van der Waals surface area contributed by atoms with Gasteiger partial charge in [-0.15, -0.1) is 5.10 Å². The van der Waals surface area contributed by atoms with Crippen molar-refractivity contribution >= 4 is 17.5 Å². The van der Waals surface area contributed by atoms with Crippen LogP contribution in [0, 0.1) is 6.92 Å². The number of nitrogens with zero attached hydrogens (tertiary/aromatic N) is 4. The molecule has 180 valence electrons. The highest BCUT2D eigenvalue weighted by molar-refractivity contribution is 6.06. The van der Waals surface area contributed by atoms with E-state index in [4.69, 9.17) is 19.6 Å². The Labute approximate surface area is 207 Å². The molecule has 0 spiro atoms. The molecule has 2 aromatic carbocycles. The van der Waals surface area contributed by atoms with Gasteiger partial charge in [-0.05, 0) is 55.3 Å². The summed E-state index contributed by atoms with van der Waals surface area (Å²) in [5.74, 6) is 2.15. The Morgan fingerprint density at radius 3 is 2.69 bits per heavy atom. The molecule has 2 aliphatic rings. The summed E-state index contributed by atoms with van der Waals surface area (Å²) in [6.45, 7) is 4.81. The quantitative estimate of drug-likeness (QED) is 0.448. The molecule has 1 unspecified atom stereocenters. The van der Waals surface area contributed by atoms with Gasteiger partial charge in [0.2, 0.25) is 5.95 Å². The molecular weight excluding hydrogens is 456 g/mol. The average Bonchev–Trinajstić information content (AvgIpc) is 3.33. The molecule has 9 nitrogen and oxygen atoms in total. The van der Waals surface area contributed by atoms with Crippen LogP contribution >= 0.6 is 0 Å². The molecule has 4 heterocycles. The molecule has 36 heavy (non-hydrogen) atoms. The predicted molar refractivity (Wildman–Crippen MR) is 135 cm³/mol. The van der Waals surface area contributed by atoms with Gasteiger partial charge in [0.25, 0.3) is 5.91 Å². The van der Waals surface area contributed by atoms with Gasteiger partial charge in [-0.2, -0.15) is 4.98 Å². The number of ether oxygens (including phenoxy) is 2. The van der Waals surface area contributed by atoms with Gasteiger partial charge >= 0.3 is 0 Å². The van der Waals surface area contributed by atoms with Gasteiger partial charge in [0.15, 0.2) is 17.3 Å². The van der Waals surface area contributed by atoms with Crippen LogP contribution in [0.2, 0.25) is 0 Å². The second-order valence-electron chi connectivity index (χ2n) is 8.68. The van der Waals surface area contributed by atoms with Crippen LogP contribution in [0.15, 0.2) is 78.3 Å². The minimum atomic E-state index is -0.543. The minimum Gasteiger partial charge on any atom is -0.486 e. The number of anilines is 2. The van der Waals surface area contributed by atoms with Crippen molar-refractivity contribution in [3.8, 4) is 22.9 Å². The summed E-state index contributed by atoms with van der Waals surface area (Å²) in [6, 6.07) is 16.6. The summed E-state index contributed by atoms with van der Waals surface area (Å²) in [6.07, 6.45) is 3.42. The molecular formula is C27H24N6O3. The molecule has 0 bridgehead atoms. The normalized spacial score (nSPS) is 16.2. The molecule has 2 aromatic heterocycles. The number of para-hydroxylation sites is 1. The fourth-order valence-corrected chi connectivity index (χ4v) is 4.50. The highest BCUT2D eigenvalue weighted by Gasteiger charge is 2.35. The van der Waals surface area contributed by atoms with Crippen LogP contribution in [0.1, 0.15) is 24.1 Å². The molecule has 2 N–H and O–H groups in total. The van der Waals surface area contributed by atoms with E-state index in [0.717, 1.165) is 22.4 Å². The summed E-state index contributed by atoms with van der Waals surface area (Å²) >= 11 is 0. The van der Waals surface area contributed by atoms with Crippen LogP contribution in [0.25, 0.3) is 11.4 Å². The lowest BCUT2D eigenvalue weighted by Gasteiger charge is -2.29. The van der Waals surface area contributed by atoms with Crippen LogP contribution in [0.5, 0.6) is 11.5 Å². The van der Waals surface area contributed by atoms with Crippen molar-refractivity contribution in [3.05, 3.63) is 89.4 Å². The van der Waals surface area contributed by atoms with E-state index in [-0.39, 0.29) is 5.91 Å². The van der Waals surface area contributed by atoms with Crippen LogP contribution < -0.4 is 20.1 Å². The van der Waals surface area contributed by atoms with Gasteiger partial charge in [0.1, 0.15) is 19.3 Å². The van der Waals surface area contributed by atoms with E-state index >= 15 is 0 Å². The van der Waals surface area contributed by atoms with E-state index in [1.165, 1.54) is 0 Å². The first-order valence-electron chi connectivity index (χ1n) is 11.7. The number of rotatable bonds is 4. The number of hydrogen-bond acceptors (Lipinski definition) is 7. The topological polar surface area (TPSA) is 103 Å².